The number of carbonyl (C=O) groups is 1. The normalized spacial score (nSPS) is 11.9. The molecule has 1 N–H and O–H groups in total. The number of hydrogen-bond acceptors (Lipinski definition) is 6. The van der Waals surface area contributed by atoms with Crippen LogP contribution < -0.4 is 4.72 Å². The number of nitrogens with one attached hydrogen (secondary N) is 1. The van der Waals surface area contributed by atoms with Crippen molar-refractivity contribution < 1.29 is 21.6 Å². The van der Waals surface area contributed by atoms with E-state index in [0.717, 1.165) is 30.5 Å². The second-order valence-corrected chi connectivity index (χ2v) is 9.06. The van der Waals surface area contributed by atoms with Crippen molar-refractivity contribution in [3.63, 3.8) is 0 Å². The zero-order valence-electron chi connectivity index (χ0n) is 11.7. The number of aromatic nitrogens is 1. The Morgan fingerprint density at radius 2 is 1.61 bits per heavy atom. The SMILES string of the molecule is CS(=O)(=O)c1ccc(S(=O)(=O)NC(=O)c2ccnc(Br)c2)cc1. The van der Waals surface area contributed by atoms with E-state index in [0.29, 0.717) is 4.60 Å². The predicted molar refractivity (Wildman–Crippen MR) is 86.1 cm³/mol. The van der Waals surface area contributed by atoms with Gasteiger partial charge in [0.05, 0.1) is 9.79 Å². The summed E-state index contributed by atoms with van der Waals surface area (Å²) in [6.45, 7) is 0. The van der Waals surface area contributed by atoms with Gasteiger partial charge in [-0.3, -0.25) is 4.79 Å². The van der Waals surface area contributed by atoms with Crippen LogP contribution in [-0.4, -0.2) is 34.0 Å². The highest BCUT2D eigenvalue weighted by Crippen LogP contribution is 2.15. The molecule has 1 aromatic heterocycles. The fourth-order valence-corrected chi connectivity index (χ4v) is 3.62. The molecule has 0 aliphatic rings. The number of sulfonamides is 1. The van der Waals surface area contributed by atoms with Crippen molar-refractivity contribution in [2.75, 3.05) is 6.26 Å². The highest BCUT2D eigenvalue weighted by atomic mass is 79.9. The number of carbonyl (C=O) groups excluding carboxylic acids is 1. The van der Waals surface area contributed by atoms with Gasteiger partial charge >= 0.3 is 0 Å². The number of benzene rings is 1. The Morgan fingerprint density at radius 3 is 2.13 bits per heavy atom. The quantitative estimate of drug-likeness (QED) is 0.750. The summed E-state index contributed by atoms with van der Waals surface area (Å²) in [5, 5.41) is 0. The predicted octanol–water partition coefficient (Wildman–Crippen LogP) is 1.37. The van der Waals surface area contributed by atoms with Gasteiger partial charge in [0, 0.05) is 18.0 Å². The van der Waals surface area contributed by atoms with Gasteiger partial charge in [-0.1, -0.05) is 0 Å². The van der Waals surface area contributed by atoms with Crippen molar-refractivity contribution in [2.45, 2.75) is 9.79 Å². The van der Waals surface area contributed by atoms with Gasteiger partial charge in [-0.2, -0.15) is 0 Å². The number of pyridine rings is 1. The van der Waals surface area contributed by atoms with E-state index in [-0.39, 0.29) is 15.4 Å². The molecule has 2 rings (SSSR count). The fraction of sp³-hybridized carbons (Fsp3) is 0.0769. The summed E-state index contributed by atoms with van der Waals surface area (Å²) in [5.74, 6) is -0.819. The van der Waals surface area contributed by atoms with Crippen molar-refractivity contribution >= 4 is 41.7 Å². The Kier molecular flexibility index (Phi) is 4.87. The van der Waals surface area contributed by atoms with E-state index in [1.165, 1.54) is 18.3 Å². The molecule has 23 heavy (non-hydrogen) atoms. The van der Waals surface area contributed by atoms with Crippen LogP contribution in [0.4, 0.5) is 0 Å². The molecule has 0 radical (unpaired) electrons. The van der Waals surface area contributed by atoms with Gasteiger partial charge < -0.3 is 0 Å². The third-order valence-corrected chi connectivity index (χ3v) is 5.69. The number of nitrogens with zero attached hydrogens (tertiary/aromatic N) is 1. The maximum atomic E-state index is 12.2. The molecule has 0 saturated heterocycles. The van der Waals surface area contributed by atoms with E-state index >= 15 is 0 Å². The second-order valence-electron chi connectivity index (χ2n) is 4.55. The first-order valence-corrected chi connectivity index (χ1v) is 10.3. The summed E-state index contributed by atoms with van der Waals surface area (Å²) >= 11 is 3.08. The summed E-state index contributed by atoms with van der Waals surface area (Å²) in [5.41, 5.74) is 0.114. The summed E-state index contributed by atoms with van der Waals surface area (Å²) in [6.07, 6.45) is 2.37. The molecular weight excluding hydrogens is 408 g/mol. The first kappa shape index (κ1) is 17.6. The topological polar surface area (TPSA) is 110 Å². The van der Waals surface area contributed by atoms with Crippen LogP contribution >= 0.6 is 15.9 Å². The van der Waals surface area contributed by atoms with Gasteiger partial charge in [-0.25, -0.2) is 26.5 Å². The maximum Gasteiger partial charge on any atom is 0.265 e. The molecule has 0 saturated carbocycles. The van der Waals surface area contributed by atoms with Gasteiger partial charge in [-0.15, -0.1) is 0 Å². The molecule has 0 fully saturated rings. The van der Waals surface area contributed by atoms with Gasteiger partial charge in [-0.05, 0) is 52.3 Å². The summed E-state index contributed by atoms with van der Waals surface area (Å²) < 4.78 is 49.3. The maximum absolute atomic E-state index is 12.2. The summed E-state index contributed by atoms with van der Waals surface area (Å²) in [7, 11) is -7.54. The Morgan fingerprint density at radius 1 is 1.04 bits per heavy atom. The number of amides is 1. The zero-order chi connectivity index (χ0) is 17.3. The lowest BCUT2D eigenvalue weighted by Crippen LogP contribution is -2.30. The monoisotopic (exact) mass is 418 g/mol. The molecule has 7 nitrogen and oxygen atoms in total. The van der Waals surface area contributed by atoms with E-state index in [4.69, 9.17) is 0 Å². The lowest BCUT2D eigenvalue weighted by atomic mass is 10.3. The van der Waals surface area contributed by atoms with Gasteiger partial charge in [0.2, 0.25) is 0 Å². The third-order valence-electron chi connectivity index (χ3n) is 2.78. The molecule has 0 bridgehead atoms. The van der Waals surface area contributed by atoms with E-state index in [9.17, 15) is 21.6 Å². The molecule has 122 valence electrons. The first-order valence-electron chi connectivity index (χ1n) is 6.08. The van der Waals surface area contributed by atoms with Crippen molar-refractivity contribution in [3.8, 4) is 0 Å². The number of rotatable bonds is 4. The molecule has 0 spiro atoms. The van der Waals surface area contributed by atoms with Crippen LogP contribution in [0.15, 0.2) is 57.0 Å². The van der Waals surface area contributed by atoms with Crippen LogP contribution in [-0.2, 0) is 19.9 Å². The summed E-state index contributed by atoms with van der Waals surface area (Å²) in [6, 6.07) is 7.30. The Balaban J connectivity index is 2.27. The van der Waals surface area contributed by atoms with Crippen molar-refractivity contribution in [1.82, 2.24) is 9.71 Å². The standard InChI is InChI=1S/C13H11BrN2O5S2/c1-22(18,19)10-2-4-11(5-3-10)23(20,21)16-13(17)9-6-7-15-12(14)8-9/h2-8H,1H3,(H,16,17). The van der Waals surface area contributed by atoms with Crippen LogP contribution in [0.25, 0.3) is 0 Å². The van der Waals surface area contributed by atoms with Gasteiger partial charge in [0.15, 0.2) is 9.84 Å². The van der Waals surface area contributed by atoms with Crippen LogP contribution in [0.5, 0.6) is 0 Å². The average Bonchev–Trinajstić information content (AvgIpc) is 2.46. The van der Waals surface area contributed by atoms with Gasteiger partial charge in [0.25, 0.3) is 15.9 Å². The lowest BCUT2D eigenvalue weighted by molar-refractivity contribution is 0.0981. The zero-order valence-corrected chi connectivity index (χ0v) is 14.9. The molecule has 1 aromatic carbocycles. The van der Waals surface area contributed by atoms with E-state index in [2.05, 4.69) is 20.9 Å². The Bertz CT molecular complexity index is 954. The van der Waals surface area contributed by atoms with Crippen LogP contribution in [0.3, 0.4) is 0 Å². The molecule has 0 aliphatic heterocycles. The second kappa shape index (κ2) is 6.38. The van der Waals surface area contributed by atoms with Crippen LogP contribution in [0.2, 0.25) is 0 Å². The number of sulfone groups is 1. The minimum absolute atomic E-state index is 0.0131. The fourth-order valence-electron chi connectivity index (χ4n) is 1.65. The van der Waals surface area contributed by atoms with Crippen LogP contribution in [0, 0.1) is 0 Å². The van der Waals surface area contributed by atoms with E-state index < -0.39 is 25.8 Å². The molecule has 0 unspecified atom stereocenters. The minimum Gasteiger partial charge on any atom is -0.268 e. The molecule has 0 aliphatic carbocycles. The number of halogens is 1. The smallest absolute Gasteiger partial charge is 0.265 e. The largest absolute Gasteiger partial charge is 0.268 e. The molecule has 2 aromatic rings. The van der Waals surface area contributed by atoms with E-state index in [1.54, 1.807) is 0 Å². The molecular formula is C13H11BrN2O5S2. The lowest BCUT2D eigenvalue weighted by Gasteiger charge is -2.07. The minimum atomic E-state index is -4.11. The molecule has 1 heterocycles. The molecule has 0 atom stereocenters. The van der Waals surface area contributed by atoms with Crippen molar-refractivity contribution in [3.05, 3.63) is 52.8 Å². The van der Waals surface area contributed by atoms with Gasteiger partial charge in [0.1, 0.15) is 4.60 Å². The van der Waals surface area contributed by atoms with E-state index in [1.807, 2.05) is 4.72 Å². The molecule has 10 heteroatoms. The summed E-state index contributed by atoms with van der Waals surface area (Å²) in [4.78, 5) is 15.6. The highest BCUT2D eigenvalue weighted by molar-refractivity contribution is 9.10. The Hall–Kier alpha value is -1.78. The Labute approximate surface area is 141 Å². The number of hydrogen-bond donors (Lipinski definition) is 1. The third kappa shape index (κ3) is 4.36. The first-order chi connectivity index (χ1) is 10.6. The van der Waals surface area contributed by atoms with Crippen molar-refractivity contribution in [1.29, 1.82) is 0 Å². The average molecular weight is 419 g/mol. The van der Waals surface area contributed by atoms with Crippen molar-refractivity contribution in [2.24, 2.45) is 0 Å². The molecule has 1 amide bonds. The van der Waals surface area contributed by atoms with Crippen LogP contribution in [0.1, 0.15) is 10.4 Å². The highest BCUT2D eigenvalue weighted by Gasteiger charge is 2.19.